The van der Waals surface area contributed by atoms with Crippen molar-refractivity contribution in [2.24, 2.45) is 0 Å². The first-order valence-corrected chi connectivity index (χ1v) is 8.70. The summed E-state index contributed by atoms with van der Waals surface area (Å²) >= 11 is 0. The molecule has 1 atom stereocenters. The summed E-state index contributed by atoms with van der Waals surface area (Å²) in [5, 5.41) is 3.11. The molecular formula is C15H25FN2O2S. The Hall–Kier alpha value is -0.980. The topological polar surface area (TPSA) is 58.2 Å². The summed E-state index contributed by atoms with van der Waals surface area (Å²) in [7, 11) is -3.62. The van der Waals surface area contributed by atoms with Crippen molar-refractivity contribution in [1.29, 1.82) is 0 Å². The molecule has 120 valence electrons. The van der Waals surface area contributed by atoms with Gasteiger partial charge in [0.15, 0.2) is 0 Å². The van der Waals surface area contributed by atoms with Gasteiger partial charge >= 0.3 is 0 Å². The molecule has 1 aromatic rings. The average molecular weight is 316 g/mol. The molecule has 2 N–H and O–H groups in total. The summed E-state index contributed by atoms with van der Waals surface area (Å²) in [6.07, 6.45) is 0.696. The fraction of sp³-hybridized carbons (Fsp3) is 0.600. The van der Waals surface area contributed by atoms with Crippen molar-refractivity contribution >= 4 is 10.0 Å². The van der Waals surface area contributed by atoms with E-state index in [1.165, 1.54) is 12.1 Å². The molecule has 1 rings (SSSR count). The van der Waals surface area contributed by atoms with E-state index in [0.29, 0.717) is 24.1 Å². The highest BCUT2D eigenvalue weighted by Gasteiger charge is 2.19. The number of nitrogens with one attached hydrogen (secondary N) is 2. The molecule has 0 aromatic heterocycles. The van der Waals surface area contributed by atoms with Gasteiger partial charge < -0.3 is 5.32 Å². The molecule has 21 heavy (non-hydrogen) atoms. The SMILES string of the molecule is CCC(C)NS(=O)(=O)c1cc(C)c(F)c(CNC(C)C)c1. The van der Waals surface area contributed by atoms with Gasteiger partial charge in [-0.1, -0.05) is 20.8 Å². The third kappa shape index (κ3) is 5.05. The zero-order valence-corrected chi connectivity index (χ0v) is 14.1. The van der Waals surface area contributed by atoms with Crippen LogP contribution in [0.25, 0.3) is 0 Å². The number of hydrogen-bond acceptors (Lipinski definition) is 3. The highest BCUT2D eigenvalue weighted by atomic mass is 32.2. The molecule has 0 spiro atoms. The van der Waals surface area contributed by atoms with Crippen LogP contribution in [0.15, 0.2) is 17.0 Å². The lowest BCUT2D eigenvalue weighted by atomic mass is 10.1. The second-order valence-electron chi connectivity index (χ2n) is 5.68. The number of hydrogen-bond donors (Lipinski definition) is 2. The number of rotatable bonds is 7. The van der Waals surface area contributed by atoms with Gasteiger partial charge in [0.05, 0.1) is 4.90 Å². The molecule has 6 heteroatoms. The zero-order chi connectivity index (χ0) is 16.2. The van der Waals surface area contributed by atoms with E-state index in [9.17, 15) is 12.8 Å². The highest BCUT2D eigenvalue weighted by Crippen LogP contribution is 2.20. The predicted octanol–water partition coefficient (Wildman–Crippen LogP) is 2.71. The van der Waals surface area contributed by atoms with Gasteiger partial charge in [0.1, 0.15) is 5.82 Å². The summed E-state index contributed by atoms with van der Waals surface area (Å²) in [6, 6.07) is 2.82. The van der Waals surface area contributed by atoms with Gasteiger partial charge in [-0.15, -0.1) is 0 Å². The molecule has 0 amide bonds. The van der Waals surface area contributed by atoms with E-state index >= 15 is 0 Å². The summed E-state index contributed by atoms with van der Waals surface area (Å²) in [5.41, 5.74) is 0.704. The molecule has 0 radical (unpaired) electrons. The van der Waals surface area contributed by atoms with Crippen molar-refractivity contribution in [1.82, 2.24) is 10.0 Å². The van der Waals surface area contributed by atoms with Crippen molar-refractivity contribution in [2.75, 3.05) is 0 Å². The van der Waals surface area contributed by atoms with Gasteiger partial charge in [0.2, 0.25) is 10.0 Å². The molecule has 0 fully saturated rings. The number of sulfonamides is 1. The number of halogens is 1. The number of aryl methyl sites for hydroxylation is 1. The largest absolute Gasteiger partial charge is 0.310 e. The van der Waals surface area contributed by atoms with Gasteiger partial charge in [-0.05, 0) is 38.0 Å². The molecule has 0 aliphatic rings. The lowest BCUT2D eigenvalue weighted by Crippen LogP contribution is -2.32. The Balaban J connectivity index is 3.14. The van der Waals surface area contributed by atoms with Gasteiger partial charge in [-0.25, -0.2) is 17.5 Å². The molecule has 1 aromatic carbocycles. The first-order valence-electron chi connectivity index (χ1n) is 7.22. The average Bonchev–Trinajstić information content (AvgIpc) is 2.39. The van der Waals surface area contributed by atoms with Crippen LogP contribution >= 0.6 is 0 Å². The lowest BCUT2D eigenvalue weighted by molar-refractivity contribution is 0.543. The summed E-state index contributed by atoms with van der Waals surface area (Å²) in [6.45, 7) is 9.50. The van der Waals surface area contributed by atoms with Crippen LogP contribution in [0.5, 0.6) is 0 Å². The molecule has 0 saturated heterocycles. The maximum Gasteiger partial charge on any atom is 0.240 e. The number of benzene rings is 1. The zero-order valence-electron chi connectivity index (χ0n) is 13.3. The fourth-order valence-corrected chi connectivity index (χ4v) is 3.28. The van der Waals surface area contributed by atoms with Crippen LogP contribution in [0.1, 0.15) is 45.2 Å². The van der Waals surface area contributed by atoms with Crippen LogP contribution < -0.4 is 10.0 Å². The minimum Gasteiger partial charge on any atom is -0.310 e. The summed E-state index contributed by atoms with van der Waals surface area (Å²) in [4.78, 5) is 0.113. The fourth-order valence-electron chi connectivity index (χ4n) is 1.82. The standard InChI is InChI=1S/C15H25FN2O2S/c1-6-12(5)18-21(19,20)14-7-11(4)15(16)13(8-14)9-17-10(2)3/h7-8,10,12,17-18H,6,9H2,1-5H3. The quantitative estimate of drug-likeness (QED) is 0.813. The van der Waals surface area contributed by atoms with Gasteiger partial charge in [0, 0.05) is 24.2 Å². The molecule has 0 saturated carbocycles. The van der Waals surface area contributed by atoms with Gasteiger partial charge in [-0.3, -0.25) is 0 Å². The monoisotopic (exact) mass is 316 g/mol. The van der Waals surface area contributed by atoms with Crippen LogP contribution in [0.2, 0.25) is 0 Å². The highest BCUT2D eigenvalue weighted by molar-refractivity contribution is 7.89. The minimum absolute atomic E-state index is 0.113. The Bertz CT molecular complexity index is 586. The first kappa shape index (κ1) is 18.1. The van der Waals surface area contributed by atoms with Crippen molar-refractivity contribution < 1.29 is 12.8 Å². The molecule has 0 aliphatic carbocycles. The Labute approximate surface area is 127 Å². The van der Waals surface area contributed by atoms with E-state index in [4.69, 9.17) is 0 Å². The lowest BCUT2D eigenvalue weighted by Gasteiger charge is -2.15. The van der Waals surface area contributed by atoms with Crippen LogP contribution in [0, 0.1) is 12.7 Å². The normalized spacial score (nSPS) is 13.7. The van der Waals surface area contributed by atoms with Crippen LogP contribution in [0.3, 0.4) is 0 Å². The van der Waals surface area contributed by atoms with Gasteiger partial charge in [0.25, 0.3) is 0 Å². The maximum absolute atomic E-state index is 14.1. The summed E-state index contributed by atoms with van der Waals surface area (Å²) in [5.74, 6) is -0.356. The molecule has 0 bridgehead atoms. The summed E-state index contributed by atoms with van der Waals surface area (Å²) < 4.78 is 41.3. The third-order valence-corrected chi connectivity index (χ3v) is 4.85. The second-order valence-corrected chi connectivity index (χ2v) is 7.39. The smallest absolute Gasteiger partial charge is 0.240 e. The van der Waals surface area contributed by atoms with Crippen molar-refractivity contribution in [3.63, 3.8) is 0 Å². The van der Waals surface area contributed by atoms with Crippen LogP contribution in [-0.2, 0) is 16.6 Å². The predicted molar refractivity (Wildman–Crippen MR) is 83.2 cm³/mol. The minimum atomic E-state index is -3.62. The molecule has 0 heterocycles. The molecule has 0 aliphatic heterocycles. The Morgan fingerprint density at radius 3 is 2.38 bits per heavy atom. The van der Waals surface area contributed by atoms with E-state index < -0.39 is 10.0 Å². The maximum atomic E-state index is 14.1. The first-order chi connectivity index (χ1) is 9.67. The van der Waals surface area contributed by atoms with Crippen molar-refractivity contribution in [3.8, 4) is 0 Å². The molecule has 4 nitrogen and oxygen atoms in total. The van der Waals surface area contributed by atoms with E-state index in [2.05, 4.69) is 10.0 Å². The molecular weight excluding hydrogens is 291 g/mol. The van der Waals surface area contributed by atoms with Crippen LogP contribution in [0.4, 0.5) is 4.39 Å². The van der Waals surface area contributed by atoms with Crippen molar-refractivity contribution in [3.05, 3.63) is 29.1 Å². The molecule has 1 unspecified atom stereocenters. The van der Waals surface area contributed by atoms with Gasteiger partial charge in [-0.2, -0.15) is 0 Å². The Morgan fingerprint density at radius 1 is 1.24 bits per heavy atom. The third-order valence-electron chi connectivity index (χ3n) is 3.28. The van der Waals surface area contributed by atoms with Crippen molar-refractivity contribution in [2.45, 2.75) is 64.6 Å². The Kier molecular flexibility index (Phi) is 6.31. The van der Waals surface area contributed by atoms with E-state index in [-0.39, 0.29) is 22.8 Å². The Morgan fingerprint density at radius 2 is 1.86 bits per heavy atom. The van der Waals surface area contributed by atoms with Crippen LogP contribution in [-0.4, -0.2) is 20.5 Å². The second kappa shape index (κ2) is 7.33. The van der Waals surface area contributed by atoms with E-state index in [0.717, 1.165) is 0 Å². The van der Waals surface area contributed by atoms with E-state index in [1.807, 2.05) is 20.8 Å². The van der Waals surface area contributed by atoms with E-state index in [1.54, 1.807) is 13.8 Å².